The van der Waals surface area contributed by atoms with Gasteiger partial charge in [0, 0.05) is 0 Å². The van der Waals surface area contributed by atoms with Crippen LogP contribution in [0.3, 0.4) is 0 Å². The highest BCUT2D eigenvalue weighted by molar-refractivity contribution is 7.11. The molecule has 1 aromatic heterocycles. The van der Waals surface area contributed by atoms with Gasteiger partial charge in [0.25, 0.3) is 5.88 Å². The summed E-state index contributed by atoms with van der Waals surface area (Å²) >= 11 is 1.00. The smallest absolute Gasteiger partial charge is 0.368 e. The number of carbonyl (C=O) groups excluding carboxylic acids is 1. The van der Waals surface area contributed by atoms with Gasteiger partial charge in [-0.3, -0.25) is 5.11 Å². The first kappa shape index (κ1) is 9.98. The Morgan fingerprint density at radius 1 is 1.54 bits per heavy atom. The van der Waals surface area contributed by atoms with E-state index < -0.39 is 17.5 Å². The van der Waals surface area contributed by atoms with Crippen molar-refractivity contribution < 1.29 is 14.6 Å². The van der Waals surface area contributed by atoms with E-state index in [4.69, 9.17) is 4.74 Å². The Morgan fingerprint density at radius 2 is 2.15 bits per heavy atom. The van der Waals surface area contributed by atoms with Crippen molar-refractivity contribution in [1.82, 2.24) is 4.98 Å². The van der Waals surface area contributed by atoms with Crippen molar-refractivity contribution in [2.75, 3.05) is 0 Å². The average molecular weight is 200 g/mol. The first-order chi connectivity index (χ1) is 5.88. The molecule has 1 heterocycles. The largest absolute Gasteiger partial charge is 0.455 e. The van der Waals surface area contributed by atoms with Crippen LogP contribution in [-0.2, 0) is 9.84 Å². The second kappa shape index (κ2) is 3.33. The summed E-state index contributed by atoms with van der Waals surface area (Å²) in [4.78, 5) is 14.7. The zero-order valence-corrected chi connectivity index (χ0v) is 8.47. The van der Waals surface area contributed by atoms with Gasteiger partial charge < -0.3 is 4.74 Å². The summed E-state index contributed by atoms with van der Waals surface area (Å²) in [5, 5.41) is 12.0. The van der Waals surface area contributed by atoms with Gasteiger partial charge in [-0.15, -0.1) is 11.3 Å². The van der Waals surface area contributed by atoms with Gasteiger partial charge in [-0.2, -0.15) is 4.98 Å². The molecule has 0 fully saturated rings. The van der Waals surface area contributed by atoms with Gasteiger partial charge in [-0.05, 0) is 20.8 Å². The summed E-state index contributed by atoms with van der Waals surface area (Å²) in [6.07, 6.45) is 0. The van der Waals surface area contributed by atoms with E-state index >= 15 is 0 Å². The lowest BCUT2D eigenvalue weighted by molar-refractivity contribution is 0.00682. The highest BCUT2D eigenvalue weighted by atomic mass is 32.1. The van der Waals surface area contributed by atoms with Crippen LogP contribution in [0.5, 0.6) is 5.88 Å². The number of carbonyl (C=O) groups is 1. The van der Waals surface area contributed by atoms with Crippen molar-refractivity contribution in [3.8, 4) is 5.88 Å². The lowest BCUT2D eigenvalue weighted by Crippen LogP contribution is -2.23. The molecular weight excluding hydrogens is 190 g/mol. The fourth-order valence-electron chi connectivity index (χ4n) is 0.675. The first-order valence-corrected chi connectivity index (χ1v) is 4.62. The van der Waals surface area contributed by atoms with E-state index in [0.29, 0.717) is 0 Å². The Balaban J connectivity index is 2.70. The third-order valence-electron chi connectivity index (χ3n) is 1.06. The highest BCUT2D eigenvalue weighted by Gasteiger charge is 2.20. The second-order valence-corrected chi connectivity index (χ2v) is 4.35. The van der Waals surface area contributed by atoms with E-state index in [-0.39, 0.29) is 5.01 Å². The Bertz CT molecular complexity index is 313. The van der Waals surface area contributed by atoms with E-state index in [1.54, 1.807) is 20.8 Å². The molecule has 0 aliphatic heterocycles. The minimum Gasteiger partial charge on any atom is -0.455 e. The molecule has 1 rings (SSSR count). The van der Waals surface area contributed by atoms with Gasteiger partial charge in [0.15, 0.2) is 0 Å². The molecule has 0 aliphatic rings. The molecule has 0 aliphatic carbocycles. The third kappa shape index (κ3) is 3.02. The number of esters is 1. The van der Waals surface area contributed by atoms with Crippen LogP contribution in [0.4, 0.5) is 0 Å². The molecule has 0 unspecified atom stereocenters. The number of nitrogens with zero attached hydrogens (tertiary/aromatic N) is 1. The number of thiazole rings is 1. The fraction of sp³-hybridized carbons (Fsp3) is 0.500. The zero-order chi connectivity index (χ0) is 10.1. The van der Waals surface area contributed by atoms with Crippen LogP contribution in [0.25, 0.3) is 0 Å². The topological polar surface area (TPSA) is 59.1 Å². The molecule has 1 aromatic rings. The Kier molecular flexibility index (Phi) is 2.56. The maximum atomic E-state index is 11.3. The lowest BCUT2D eigenvalue weighted by Gasteiger charge is -2.18. The number of hydrogen-bond donors (Lipinski definition) is 0. The summed E-state index contributed by atoms with van der Waals surface area (Å²) in [6, 6.07) is 0. The van der Waals surface area contributed by atoms with Crippen LogP contribution in [0, 0.1) is 0 Å². The maximum absolute atomic E-state index is 11.3. The van der Waals surface area contributed by atoms with E-state index in [1.807, 2.05) is 0 Å². The standard InChI is InChI=1S/C8H10NO3S/c1-8(2,3)12-7(11)6-9-5(10)4-13-6/h4H,1-3H3. The van der Waals surface area contributed by atoms with Crippen molar-refractivity contribution in [2.24, 2.45) is 0 Å². The van der Waals surface area contributed by atoms with Gasteiger partial charge in [0.1, 0.15) is 5.60 Å². The van der Waals surface area contributed by atoms with Crippen LogP contribution in [0.15, 0.2) is 5.38 Å². The van der Waals surface area contributed by atoms with Gasteiger partial charge in [0.2, 0.25) is 5.01 Å². The molecule has 0 saturated carbocycles. The van der Waals surface area contributed by atoms with E-state index in [2.05, 4.69) is 4.98 Å². The molecule has 0 spiro atoms. The molecule has 0 N–H and O–H groups in total. The van der Waals surface area contributed by atoms with Crippen molar-refractivity contribution in [3.05, 3.63) is 10.4 Å². The van der Waals surface area contributed by atoms with Crippen molar-refractivity contribution in [3.63, 3.8) is 0 Å². The quantitative estimate of drug-likeness (QED) is 0.653. The third-order valence-corrected chi connectivity index (χ3v) is 1.86. The second-order valence-electron chi connectivity index (χ2n) is 3.49. The molecule has 13 heavy (non-hydrogen) atoms. The van der Waals surface area contributed by atoms with Crippen molar-refractivity contribution in [2.45, 2.75) is 26.4 Å². The first-order valence-electron chi connectivity index (χ1n) is 3.74. The number of aromatic nitrogens is 1. The van der Waals surface area contributed by atoms with Gasteiger partial charge in [-0.25, -0.2) is 4.79 Å². The number of hydrogen-bond acceptors (Lipinski definition) is 4. The molecule has 0 saturated heterocycles. The Hall–Kier alpha value is -1.10. The van der Waals surface area contributed by atoms with Crippen LogP contribution in [0.1, 0.15) is 30.6 Å². The molecule has 0 amide bonds. The van der Waals surface area contributed by atoms with Crippen LogP contribution in [0.2, 0.25) is 0 Å². The van der Waals surface area contributed by atoms with Gasteiger partial charge in [-0.1, -0.05) is 0 Å². The van der Waals surface area contributed by atoms with E-state index in [1.165, 1.54) is 5.38 Å². The zero-order valence-electron chi connectivity index (χ0n) is 7.66. The van der Waals surface area contributed by atoms with Gasteiger partial charge >= 0.3 is 5.97 Å². The van der Waals surface area contributed by atoms with E-state index in [0.717, 1.165) is 11.3 Å². The van der Waals surface area contributed by atoms with Crippen LogP contribution in [-0.4, -0.2) is 16.6 Å². The molecule has 0 aromatic carbocycles. The molecule has 0 atom stereocenters. The van der Waals surface area contributed by atoms with Crippen molar-refractivity contribution in [1.29, 1.82) is 0 Å². The van der Waals surface area contributed by atoms with Crippen LogP contribution >= 0.6 is 11.3 Å². The summed E-state index contributed by atoms with van der Waals surface area (Å²) < 4.78 is 5.01. The number of ether oxygens (including phenoxy) is 1. The highest BCUT2D eigenvalue weighted by Crippen LogP contribution is 2.18. The molecule has 1 radical (unpaired) electrons. The SMILES string of the molecule is CC(C)(C)OC(=O)c1nc([O])cs1. The molecular formula is C8H10NO3S. The summed E-state index contributed by atoms with van der Waals surface area (Å²) in [7, 11) is 0. The summed E-state index contributed by atoms with van der Waals surface area (Å²) in [5.41, 5.74) is -0.550. The normalized spacial score (nSPS) is 11.3. The monoisotopic (exact) mass is 200 g/mol. The Morgan fingerprint density at radius 3 is 2.54 bits per heavy atom. The summed E-state index contributed by atoms with van der Waals surface area (Å²) in [6.45, 7) is 5.28. The van der Waals surface area contributed by atoms with E-state index in [9.17, 15) is 9.90 Å². The minimum absolute atomic E-state index is 0.111. The average Bonchev–Trinajstić information content (AvgIpc) is 2.31. The summed E-state index contributed by atoms with van der Waals surface area (Å²) in [5.74, 6) is -0.939. The van der Waals surface area contributed by atoms with Crippen molar-refractivity contribution >= 4 is 17.3 Å². The predicted octanol–water partition coefficient (Wildman–Crippen LogP) is 2.24. The molecule has 5 heteroatoms. The van der Waals surface area contributed by atoms with Gasteiger partial charge in [0.05, 0.1) is 5.38 Å². The minimum atomic E-state index is -0.550. The lowest BCUT2D eigenvalue weighted by atomic mass is 10.2. The fourth-order valence-corrected chi connectivity index (χ4v) is 1.22. The predicted molar refractivity (Wildman–Crippen MR) is 47.4 cm³/mol. The number of rotatable bonds is 1. The molecule has 71 valence electrons. The maximum Gasteiger partial charge on any atom is 0.368 e. The molecule has 0 bridgehead atoms. The molecule has 4 nitrogen and oxygen atoms in total. The Labute approximate surface area is 80.2 Å². The van der Waals surface area contributed by atoms with Crippen LogP contribution < -0.4 is 0 Å².